The third-order valence-electron chi connectivity index (χ3n) is 3.59. The van der Waals surface area contributed by atoms with Gasteiger partial charge >= 0.3 is 0 Å². The lowest BCUT2D eigenvalue weighted by atomic mass is 10.1. The Labute approximate surface area is 154 Å². The summed E-state index contributed by atoms with van der Waals surface area (Å²) in [6, 6.07) is 4.64. The van der Waals surface area contributed by atoms with Crippen LogP contribution in [-0.2, 0) is 10.0 Å². The van der Waals surface area contributed by atoms with Crippen LogP contribution in [0.25, 0.3) is 0 Å². The van der Waals surface area contributed by atoms with Crippen LogP contribution in [0, 0.1) is 6.92 Å². The predicted molar refractivity (Wildman–Crippen MR) is 101 cm³/mol. The highest BCUT2D eigenvalue weighted by Crippen LogP contribution is 2.19. The molecule has 1 aromatic rings. The molecule has 0 fully saturated rings. The predicted octanol–water partition coefficient (Wildman–Crippen LogP) is 3.32. The highest BCUT2D eigenvalue weighted by molar-refractivity contribution is 9.09. The SMILES string of the molecule is CCCN(CCC)C(=O)c1ccc(C)c(S(=O)(=O)NC(C)CBr)c1. The summed E-state index contributed by atoms with van der Waals surface area (Å²) in [6.07, 6.45) is 1.74. The molecular weight excluding hydrogens is 392 g/mol. The highest BCUT2D eigenvalue weighted by atomic mass is 79.9. The number of halogens is 1. The van der Waals surface area contributed by atoms with Crippen LogP contribution in [0.1, 0.15) is 49.5 Å². The van der Waals surface area contributed by atoms with Crippen molar-refractivity contribution < 1.29 is 13.2 Å². The summed E-state index contributed by atoms with van der Waals surface area (Å²) in [5.41, 5.74) is 1.03. The maximum atomic E-state index is 12.7. The summed E-state index contributed by atoms with van der Waals surface area (Å²) in [7, 11) is -3.66. The van der Waals surface area contributed by atoms with Crippen LogP contribution in [0.15, 0.2) is 23.1 Å². The lowest BCUT2D eigenvalue weighted by molar-refractivity contribution is 0.0755. The van der Waals surface area contributed by atoms with Crippen molar-refractivity contribution in [2.24, 2.45) is 0 Å². The van der Waals surface area contributed by atoms with Gasteiger partial charge in [0.2, 0.25) is 10.0 Å². The third kappa shape index (κ3) is 5.57. The van der Waals surface area contributed by atoms with E-state index in [0.717, 1.165) is 12.8 Å². The van der Waals surface area contributed by atoms with Gasteiger partial charge in [0.05, 0.1) is 4.90 Å². The Bertz CT molecular complexity index is 656. The van der Waals surface area contributed by atoms with E-state index in [1.165, 1.54) is 6.07 Å². The van der Waals surface area contributed by atoms with Gasteiger partial charge in [-0.1, -0.05) is 35.8 Å². The fraction of sp³-hybridized carbons (Fsp3) is 0.588. The average Bonchev–Trinajstić information content (AvgIpc) is 2.53. The zero-order valence-electron chi connectivity index (χ0n) is 14.8. The Kier molecular flexibility index (Phi) is 8.39. The van der Waals surface area contributed by atoms with E-state index in [1.54, 1.807) is 30.9 Å². The Morgan fingerprint density at radius 3 is 2.33 bits per heavy atom. The topological polar surface area (TPSA) is 66.5 Å². The Morgan fingerprint density at radius 1 is 1.25 bits per heavy atom. The van der Waals surface area contributed by atoms with Crippen LogP contribution in [-0.4, -0.2) is 43.7 Å². The van der Waals surface area contributed by atoms with Gasteiger partial charge in [-0.15, -0.1) is 0 Å². The molecular formula is C17H27BrN2O3S. The third-order valence-corrected chi connectivity index (χ3v) is 6.29. The van der Waals surface area contributed by atoms with E-state index in [-0.39, 0.29) is 16.8 Å². The van der Waals surface area contributed by atoms with Crippen LogP contribution in [0.4, 0.5) is 0 Å². The minimum absolute atomic E-state index is 0.122. The lowest BCUT2D eigenvalue weighted by Crippen LogP contribution is -2.35. The highest BCUT2D eigenvalue weighted by Gasteiger charge is 2.22. The van der Waals surface area contributed by atoms with Crippen LogP contribution in [0.3, 0.4) is 0 Å². The molecule has 0 saturated heterocycles. The molecule has 0 spiro atoms. The number of hydrogen-bond donors (Lipinski definition) is 1. The zero-order valence-corrected chi connectivity index (χ0v) is 17.2. The first-order valence-corrected chi connectivity index (χ1v) is 10.9. The van der Waals surface area contributed by atoms with Crippen molar-refractivity contribution in [2.75, 3.05) is 18.4 Å². The minimum atomic E-state index is -3.66. The number of sulfonamides is 1. The second-order valence-corrected chi connectivity index (χ2v) is 8.28. The minimum Gasteiger partial charge on any atom is -0.339 e. The first kappa shape index (κ1) is 21.1. The fourth-order valence-corrected chi connectivity index (χ4v) is 4.31. The standard InChI is InChI=1S/C17H27BrN2O3S/c1-5-9-20(10-6-2)17(21)15-8-7-13(3)16(11-15)24(22,23)19-14(4)12-18/h7-8,11,14,19H,5-6,9-10,12H2,1-4H3. The quantitative estimate of drug-likeness (QED) is 0.625. The van der Waals surface area contributed by atoms with E-state index < -0.39 is 10.0 Å². The largest absolute Gasteiger partial charge is 0.339 e. The van der Waals surface area contributed by atoms with E-state index in [4.69, 9.17) is 0 Å². The molecule has 7 heteroatoms. The molecule has 0 saturated carbocycles. The van der Waals surface area contributed by atoms with Crippen molar-refractivity contribution in [1.82, 2.24) is 9.62 Å². The van der Waals surface area contributed by atoms with Crippen molar-refractivity contribution in [3.8, 4) is 0 Å². The maximum Gasteiger partial charge on any atom is 0.253 e. The number of nitrogens with zero attached hydrogens (tertiary/aromatic N) is 1. The molecule has 0 aliphatic rings. The summed E-state index contributed by atoms with van der Waals surface area (Å²) in [6.45, 7) is 8.89. The van der Waals surface area contributed by atoms with E-state index in [0.29, 0.717) is 29.5 Å². The monoisotopic (exact) mass is 418 g/mol. The molecule has 1 unspecified atom stereocenters. The second kappa shape index (κ2) is 9.53. The van der Waals surface area contributed by atoms with Gasteiger partial charge in [0.15, 0.2) is 0 Å². The number of alkyl halides is 1. The van der Waals surface area contributed by atoms with Crippen molar-refractivity contribution in [3.63, 3.8) is 0 Å². The molecule has 0 radical (unpaired) electrons. The van der Waals surface area contributed by atoms with E-state index in [9.17, 15) is 13.2 Å². The normalized spacial score (nSPS) is 12.9. The second-order valence-electron chi connectivity index (χ2n) is 5.95. The number of rotatable bonds is 9. The summed E-state index contributed by atoms with van der Waals surface area (Å²) < 4.78 is 27.7. The maximum absolute atomic E-state index is 12.7. The molecule has 5 nitrogen and oxygen atoms in total. The molecule has 1 rings (SSSR count). The summed E-state index contributed by atoms with van der Waals surface area (Å²) >= 11 is 3.26. The molecule has 0 aliphatic heterocycles. The van der Waals surface area contributed by atoms with Crippen molar-refractivity contribution in [3.05, 3.63) is 29.3 Å². The average molecular weight is 419 g/mol. The van der Waals surface area contributed by atoms with Gasteiger partial charge in [0, 0.05) is 30.0 Å². The number of hydrogen-bond acceptors (Lipinski definition) is 3. The lowest BCUT2D eigenvalue weighted by Gasteiger charge is -2.22. The Morgan fingerprint density at radius 2 is 1.83 bits per heavy atom. The molecule has 1 amide bonds. The van der Waals surface area contributed by atoms with E-state index >= 15 is 0 Å². The molecule has 0 aromatic heterocycles. The number of amides is 1. The first-order valence-electron chi connectivity index (χ1n) is 8.25. The van der Waals surface area contributed by atoms with Crippen LogP contribution in [0.5, 0.6) is 0 Å². The molecule has 0 bridgehead atoms. The smallest absolute Gasteiger partial charge is 0.253 e. The fourth-order valence-electron chi connectivity index (χ4n) is 2.42. The summed E-state index contributed by atoms with van der Waals surface area (Å²) in [5.74, 6) is -0.122. The molecule has 24 heavy (non-hydrogen) atoms. The number of aryl methyl sites for hydroxylation is 1. The Hall–Kier alpha value is -0.920. The number of carbonyl (C=O) groups excluding carboxylic acids is 1. The van der Waals surface area contributed by atoms with Gasteiger partial charge in [-0.25, -0.2) is 13.1 Å². The molecule has 0 aliphatic carbocycles. The zero-order chi connectivity index (χ0) is 18.3. The van der Waals surface area contributed by atoms with Gasteiger partial charge in [0.25, 0.3) is 5.91 Å². The van der Waals surface area contributed by atoms with Gasteiger partial charge in [-0.3, -0.25) is 4.79 Å². The summed E-state index contributed by atoms with van der Waals surface area (Å²) in [4.78, 5) is 14.6. The van der Waals surface area contributed by atoms with Gasteiger partial charge in [0.1, 0.15) is 0 Å². The van der Waals surface area contributed by atoms with Crippen molar-refractivity contribution in [1.29, 1.82) is 0 Å². The molecule has 1 atom stereocenters. The van der Waals surface area contributed by atoms with Crippen molar-refractivity contribution in [2.45, 2.75) is 51.5 Å². The van der Waals surface area contributed by atoms with Gasteiger partial charge in [-0.2, -0.15) is 0 Å². The van der Waals surface area contributed by atoms with Gasteiger partial charge < -0.3 is 4.90 Å². The first-order chi connectivity index (χ1) is 11.3. The van der Waals surface area contributed by atoms with Crippen LogP contribution in [0.2, 0.25) is 0 Å². The molecule has 0 heterocycles. The molecule has 136 valence electrons. The number of carbonyl (C=O) groups is 1. The summed E-state index contributed by atoms with van der Waals surface area (Å²) in [5, 5.41) is 0.519. The Balaban J connectivity index is 3.19. The molecule has 1 aromatic carbocycles. The number of nitrogens with one attached hydrogen (secondary N) is 1. The molecule has 1 N–H and O–H groups in total. The van der Waals surface area contributed by atoms with E-state index in [2.05, 4.69) is 20.7 Å². The van der Waals surface area contributed by atoms with Gasteiger partial charge in [-0.05, 0) is 44.4 Å². The van der Waals surface area contributed by atoms with Crippen molar-refractivity contribution >= 4 is 31.9 Å². The van der Waals surface area contributed by atoms with E-state index in [1.807, 2.05) is 13.8 Å². The van der Waals surface area contributed by atoms with Crippen LogP contribution >= 0.6 is 15.9 Å². The number of benzene rings is 1. The van der Waals surface area contributed by atoms with Crippen LogP contribution < -0.4 is 4.72 Å².